The summed E-state index contributed by atoms with van der Waals surface area (Å²) in [6.45, 7) is 11.9. The van der Waals surface area contributed by atoms with E-state index in [4.69, 9.17) is 4.52 Å². The van der Waals surface area contributed by atoms with Gasteiger partial charge in [-0.25, -0.2) is 0 Å². The zero-order valence-electron chi connectivity index (χ0n) is 12.5. The third-order valence-corrected chi connectivity index (χ3v) is 3.97. The summed E-state index contributed by atoms with van der Waals surface area (Å²) in [5.41, 5.74) is 1.02. The van der Waals surface area contributed by atoms with E-state index >= 15 is 0 Å². The van der Waals surface area contributed by atoms with Gasteiger partial charge in [-0.05, 0) is 37.8 Å². The molecule has 1 unspecified atom stereocenters. The normalized spacial score (nSPS) is 20.5. The fourth-order valence-corrected chi connectivity index (χ4v) is 2.68. The fraction of sp³-hybridized carbons (Fsp3) is 0.800. The van der Waals surface area contributed by atoms with E-state index in [0.29, 0.717) is 0 Å². The molecule has 19 heavy (non-hydrogen) atoms. The third-order valence-electron chi connectivity index (χ3n) is 3.97. The van der Waals surface area contributed by atoms with Gasteiger partial charge in [-0.2, -0.15) is 0 Å². The van der Waals surface area contributed by atoms with Crippen LogP contribution in [0.3, 0.4) is 0 Å². The van der Waals surface area contributed by atoms with Crippen LogP contribution in [0.25, 0.3) is 0 Å². The summed E-state index contributed by atoms with van der Waals surface area (Å²) in [6.07, 6.45) is 2.46. The molecule has 108 valence electrons. The zero-order chi connectivity index (χ0) is 13.7. The van der Waals surface area contributed by atoms with Crippen LogP contribution in [-0.4, -0.2) is 29.7 Å². The average Bonchev–Trinajstić information content (AvgIpc) is 3.00. The molecule has 0 radical (unpaired) electrons. The number of hydrogen-bond acceptors (Lipinski definition) is 4. The topological polar surface area (TPSA) is 41.3 Å². The van der Waals surface area contributed by atoms with Gasteiger partial charge < -0.3 is 9.84 Å². The van der Waals surface area contributed by atoms with Gasteiger partial charge in [0.05, 0.1) is 12.2 Å². The van der Waals surface area contributed by atoms with Gasteiger partial charge in [0.15, 0.2) is 5.76 Å². The maximum atomic E-state index is 5.42. The van der Waals surface area contributed by atoms with E-state index in [0.717, 1.165) is 49.3 Å². The molecule has 1 fully saturated rings. The Labute approximate surface area is 116 Å². The van der Waals surface area contributed by atoms with E-state index in [1.54, 1.807) is 0 Å². The SMILES string of the molecule is CCCNCc1cc(CN2CCC(C(C)C)C2)on1. The van der Waals surface area contributed by atoms with Crippen LogP contribution in [0.2, 0.25) is 0 Å². The Hall–Kier alpha value is -0.870. The Morgan fingerprint density at radius 3 is 3.05 bits per heavy atom. The number of aromatic nitrogens is 1. The monoisotopic (exact) mass is 265 g/mol. The predicted octanol–water partition coefficient (Wildman–Crippen LogP) is 2.65. The lowest BCUT2D eigenvalue weighted by molar-refractivity contribution is 0.256. The van der Waals surface area contributed by atoms with Crippen molar-refractivity contribution in [3.05, 3.63) is 17.5 Å². The average molecular weight is 265 g/mol. The van der Waals surface area contributed by atoms with Crippen molar-refractivity contribution in [2.45, 2.75) is 46.7 Å². The molecule has 1 N–H and O–H groups in total. The van der Waals surface area contributed by atoms with E-state index in [-0.39, 0.29) is 0 Å². The van der Waals surface area contributed by atoms with Crippen LogP contribution in [0.5, 0.6) is 0 Å². The minimum Gasteiger partial charge on any atom is -0.360 e. The van der Waals surface area contributed by atoms with Gasteiger partial charge in [0.1, 0.15) is 0 Å². The van der Waals surface area contributed by atoms with Crippen LogP contribution in [0.1, 0.15) is 45.1 Å². The van der Waals surface area contributed by atoms with Gasteiger partial charge in [0.25, 0.3) is 0 Å². The molecule has 1 atom stereocenters. The molecule has 4 nitrogen and oxygen atoms in total. The molecule has 2 rings (SSSR count). The standard InChI is InChI=1S/C15H27N3O/c1-4-6-16-9-14-8-15(19-17-14)11-18-7-5-13(10-18)12(2)3/h8,12-13,16H,4-7,9-11H2,1-3H3. The van der Waals surface area contributed by atoms with Crippen molar-refractivity contribution < 1.29 is 4.52 Å². The van der Waals surface area contributed by atoms with Crippen molar-refractivity contribution in [2.24, 2.45) is 11.8 Å². The second-order valence-corrected chi connectivity index (χ2v) is 5.99. The van der Waals surface area contributed by atoms with Crippen LogP contribution in [-0.2, 0) is 13.1 Å². The van der Waals surface area contributed by atoms with Crippen LogP contribution < -0.4 is 5.32 Å². The third kappa shape index (κ3) is 4.32. The van der Waals surface area contributed by atoms with E-state index in [9.17, 15) is 0 Å². The van der Waals surface area contributed by atoms with Crippen molar-refractivity contribution >= 4 is 0 Å². The van der Waals surface area contributed by atoms with E-state index in [1.165, 1.54) is 19.5 Å². The van der Waals surface area contributed by atoms with Crippen molar-refractivity contribution in [3.8, 4) is 0 Å². The second-order valence-electron chi connectivity index (χ2n) is 5.99. The molecule has 0 aromatic carbocycles. The van der Waals surface area contributed by atoms with Gasteiger partial charge in [0.2, 0.25) is 0 Å². The molecule has 1 aliphatic heterocycles. The smallest absolute Gasteiger partial charge is 0.151 e. The first-order valence-corrected chi connectivity index (χ1v) is 7.56. The van der Waals surface area contributed by atoms with Crippen molar-refractivity contribution in [2.75, 3.05) is 19.6 Å². The first-order chi connectivity index (χ1) is 9.19. The number of likely N-dealkylation sites (tertiary alicyclic amines) is 1. The number of nitrogens with zero attached hydrogens (tertiary/aromatic N) is 2. The highest BCUT2D eigenvalue weighted by Gasteiger charge is 2.25. The second kappa shape index (κ2) is 7.06. The molecule has 0 saturated carbocycles. The zero-order valence-corrected chi connectivity index (χ0v) is 12.5. The summed E-state index contributed by atoms with van der Waals surface area (Å²) >= 11 is 0. The Bertz CT molecular complexity index is 375. The van der Waals surface area contributed by atoms with Crippen LogP contribution >= 0.6 is 0 Å². The van der Waals surface area contributed by atoms with Crippen LogP contribution in [0.15, 0.2) is 10.6 Å². The molecule has 1 aromatic rings. The number of nitrogens with one attached hydrogen (secondary N) is 1. The molecule has 1 aliphatic rings. The lowest BCUT2D eigenvalue weighted by atomic mass is 9.95. The Morgan fingerprint density at radius 2 is 2.37 bits per heavy atom. The summed E-state index contributed by atoms with van der Waals surface area (Å²) in [7, 11) is 0. The van der Waals surface area contributed by atoms with Gasteiger partial charge in [-0.3, -0.25) is 4.90 Å². The molecule has 0 bridgehead atoms. The predicted molar refractivity (Wildman–Crippen MR) is 76.7 cm³/mol. The van der Waals surface area contributed by atoms with E-state index in [1.807, 2.05) is 0 Å². The largest absolute Gasteiger partial charge is 0.360 e. The molecule has 0 amide bonds. The fourth-order valence-electron chi connectivity index (χ4n) is 2.68. The maximum absolute atomic E-state index is 5.42. The molecule has 1 saturated heterocycles. The summed E-state index contributed by atoms with van der Waals surface area (Å²) in [5, 5.41) is 7.46. The molecular formula is C15H27N3O. The maximum Gasteiger partial charge on any atom is 0.151 e. The minimum atomic E-state index is 0.786. The van der Waals surface area contributed by atoms with Gasteiger partial charge in [-0.15, -0.1) is 0 Å². The minimum absolute atomic E-state index is 0.786. The molecule has 1 aromatic heterocycles. The summed E-state index contributed by atoms with van der Waals surface area (Å²) in [5.74, 6) is 2.62. The molecule has 2 heterocycles. The molecular weight excluding hydrogens is 238 g/mol. The van der Waals surface area contributed by atoms with Gasteiger partial charge in [0, 0.05) is 19.2 Å². The van der Waals surface area contributed by atoms with E-state index < -0.39 is 0 Å². The quantitative estimate of drug-likeness (QED) is 0.770. The van der Waals surface area contributed by atoms with Crippen molar-refractivity contribution in [3.63, 3.8) is 0 Å². The Morgan fingerprint density at radius 1 is 1.53 bits per heavy atom. The summed E-state index contributed by atoms with van der Waals surface area (Å²) in [6, 6.07) is 2.09. The Kier molecular flexibility index (Phi) is 5.40. The van der Waals surface area contributed by atoms with Crippen LogP contribution in [0, 0.1) is 11.8 Å². The van der Waals surface area contributed by atoms with Crippen molar-refractivity contribution in [1.29, 1.82) is 0 Å². The molecule has 0 aliphatic carbocycles. The highest BCUT2D eigenvalue weighted by Crippen LogP contribution is 2.24. The Balaban J connectivity index is 1.77. The highest BCUT2D eigenvalue weighted by atomic mass is 16.5. The van der Waals surface area contributed by atoms with Crippen LogP contribution in [0.4, 0.5) is 0 Å². The molecule has 0 spiro atoms. The number of hydrogen-bond donors (Lipinski definition) is 1. The summed E-state index contributed by atoms with van der Waals surface area (Å²) < 4.78 is 5.42. The van der Waals surface area contributed by atoms with Gasteiger partial charge >= 0.3 is 0 Å². The lowest BCUT2D eigenvalue weighted by Crippen LogP contribution is -2.21. The first-order valence-electron chi connectivity index (χ1n) is 7.56. The molecule has 4 heteroatoms. The number of rotatable bonds is 7. The van der Waals surface area contributed by atoms with Gasteiger partial charge in [-0.1, -0.05) is 25.9 Å². The van der Waals surface area contributed by atoms with Crippen molar-refractivity contribution in [1.82, 2.24) is 15.4 Å². The summed E-state index contributed by atoms with van der Waals surface area (Å²) in [4.78, 5) is 2.48. The van der Waals surface area contributed by atoms with E-state index in [2.05, 4.69) is 42.2 Å². The first kappa shape index (κ1) is 14.5. The lowest BCUT2D eigenvalue weighted by Gasteiger charge is -2.16. The highest BCUT2D eigenvalue weighted by molar-refractivity contribution is 5.05.